The second-order valence-corrected chi connectivity index (χ2v) is 5.15. The Morgan fingerprint density at radius 1 is 1.28 bits per heavy atom. The molecule has 0 aromatic heterocycles. The maximum Gasteiger partial charge on any atom is 0.185 e. The minimum atomic E-state index is -1.13. The lowest BCUT2D eigenvalue weighted by Gasteiger charge is -2.31. The number of hydrogen-bond donors (Lipinski definition) is 1. The molecule has 0 bridgehead atoms. The van der Waals surface area contributed by atoms with Gasteiger partial charge in [0, 0.05) is 25.1 Å². The largest absolute Gasteiger partial charge is 0.497 e. The van der Waals surface area contributed by atoms with Gasteiger partial charge in [-0.25, -0.2) is 0 Å². The molecule has 4 nitrogen and oxygen atoms in total. The van der Waals surface area contributed by atoms with Crippen LogP contribution in [0.1, 0.15) is 12.5 Å². The van der Waals surface area contributed by atoms with Crippen molar-refractivity contribution in [2.45, 2.75) is 25.2 Å². The summed E-state index contributed by atoms with van der Waals surface area (Å²) < 4.78 is 16.3. The molecule has 0 spiro atoms. The van der Waals surface area contributed by atoms with Crippen LogP contribution in [0.25, 0.3) is 0 Å². The summed E-state index contributed by atoms with van der Waals surface area (Å²) >= 11 is 3.46. The quantitative estimate of drug-likeness (QED) is 0.818. The Morgan fingerprint density at radius 3 is 2.39 bits per heavy atom. The van der Waals surface area contributed by atoms with E-state index in [2.05, 4.69) is 15.9 Å². The van der Waals surface area contributed by atoms with Gasteiger partial charge in [-0.3, -0.25) is 0 Å². The molecular formula is C13H19BrO4. The average molecular weight is 319 g/mol. The number of benzene rings is 1. The number of rotatable bonds is 6. The van der Waals surface area contributed by atoms with Crippen molar-refractivity contribution in [3.8, 4) is 5.75 Å². The van der Waals surface area contributed by atoms with Gasteiger partial charge in [0.25, 0.3) is 0 Å². The van der Waals surface area contributed by atoms with E-state index >= 15 is 0 Å². The number of aliphatic hydroxyl groups is 1. The minimum absolute atomic E-state index is 0.386. The Labute approximate surface area is 116 Å². The van der Waals surface area contributed by atoms with E-state index in [1.165, 1.54) is 14.2 Å². The van der Waals surface area contributed by atoms with E-state index in [-0.39, 0.29) is 0 Å². The van der Waals surface area contributed by atoms with E-state index < -0.39 is 11.9 Å². The lowest BCUT2D eigenvalue weighted by atomic mass is 9.95. The second-order valence-electron chi connectivity index (χ2n) is 4.29. The molecule has 0 aliphatic carbocycles. The van der Waals surface area contributed by atoms with E-state index in [1.54, 1.807) is 14.0 Å². The Bertz CT molecular complexity index is 389. The Kier molecular flexibility index (Phi) is 5.59. The third-order valence-corrected chi connectivity index (χ3v) is 3.51. The first-order chi connectivity index (χ1) is 8.44. The zero-order valence-electron chi connectivity index (χ0n) is 11.1. The maximum atomic E-state index is 10.4. The Morgan fingerprint density at radius 2 is 1.89 bits per heavy atom. The predicted molar refractivity (Wildman–Crippen MR) is 72.8 cm³/mol. The molecule has 1 unspecified atom stereocenters. The Balaban J connectivity index is 2.95. The molecule has 1 N–H and O–H groups in total. The molecule has 0 radical (unpaired) electrons. The summed E-state index contributed by atoms with van der Waals surface area (Å²) in [5, 5.41) is 10.4. The van der Waals surface area contributed by atoms with Gasteiger partial charge in [0.05, 0.1) is 7.11 Å². The molecule has 0 aliphatic heterocycles. The number of hydrogen-bond acceptors (Lipinski definition) is 4. The van der Waals surface area contributed by atoms with Crippen LogP contribution in [0.2, 0.25) is 0 Å². The van der Waals surface area contributed by atoms with E-state index in [1.807, 2.05) is 18.2 Å². The highest BCUT2D eigenvalue weighted by Crippen LogP contribution is 2.28. The topological polar surface area (TPSA) is 47.9 Å². The molecule has 1 rings (SSSR count). The van der Waals surface area contributed by atoms with Gasteiger partial charge in [-0.05, 0) is 30.7 Å². The molecule has 0 amide bonds. The summed E-state index contributed by atoms with van der Waals surface area (Å²) in [6.07, 6.45) is -0.299. The van der Waals surface area contributed by atoms with Crippen molar-refractivity contribution in [2.24, 2.45) is 0 Å². The van der Waals surface area contributed by atoms with Crippen LogP contribution < -0.4 is 4.74 Å². The maximum absolute atomic E-state index is 10.4. The summed E-state index contributed by atoms with van der Waals surface area (Å²) in [5.41, 5.74) is -0.197. The molecule has 0 heterocycles. The molecule has 102 valence electrons. The van der Waals surface area contributed by atoms with Crippen molar-refractivity contribution in [1.29, 1.82) is 0 Å². The monoisotopic (exact) mass is 318 g/mol. The molecule has 5 heteroatoms. The highest BCUT2D eigenvalue weighted by Gasteiger charge is 2.33. The second kappa shape index (κ2) is 6.52. The first-order valence-corrected chi connectivity index (χ1v) is 6.34. The summed E-state index contributed by atoms with van der Waals surface area (Å²) in [7, 11) is 4.62. The highest BCUT2D eigenvalue weighted by molar-refractivity contribution is 9.10. The highest BCUT2D eigenvalue weighted by atomic mass is 79.9. The normalized spacial score (nSPS) is 14.6. The summed E-state index contributed by atoms with van der Waals surface area (Å²) in [5.74, 6) is 0.746. The van der Waals surface area contributed by atoms with E-state index in [4.69, 9.17) is 14.2 Å². The molecule has 1 aromatic rings. The van der Waals surface area contributed by atoms with Crippen molar-refractivity contribution in [3.05, 3.63) is 28.2 Å². The summed E-state index contributed by atoms with van der Waals surface area (Å²) in [6.45, 7) is 1.68. The minimum Gasteiger partial charge on any atom is -0.497 e. The molecule has 18 heavy (non-hydrogen) atoms. The van der Waals surface area contributed by atoms with Gasteiger partial charge in [-0.2, -0.15) is 0 Å². The first kappa shape index (κ1) is 15.4. The lowest BCUT2D eigenvalue weighted by Crippen LogP contribution is -2.43. The van der Waals surface area contributed by atoms with Crippen LogP contribution in [0.4, 0.5) is 0 Å². The van der Waals surface area contributed by atoms with Gasteiger partial charge < -0.3 is 19.3 Å². The van der Waals surface area contributed by atoms with Crippen molar-refractivity contribution in [1.82, 2.24) is 0 Å². The fourth-order valence-corrected chi connectivity index (χ4v) is 2.27. The van der Waals surface area contributed by atoms with Crippen molar-refractivity contribution in [3.63, 3.8) is 0 Å². The zero-order valence-corrected chi connectivity index (χ0v) is 12.7. The molecule has 1 aromatic carbocycles. The van der Waals surface area contributed by atoms with Gasteiger partial charge in [-0.1, -0.05) is 15.9 Å². The number of halogens is 1. The summed E-state index contributed by atoms with van der Waals surface area (Å²) in [4.78, 5) is 0. The Hall–Kier alpha value is -0.620. The molecule has 0 fully saturated rings. The van der Waals surface area contributed by atoms with Crippen LogP contribution in [0.15, 0.2) is 22.7 Å². The smallest absolute Gasteiger partial charge is 0.185 e. The van der Waals surface area contributed by atoms with Crippen LogP contribution in [-0.4, -0.2) is 38.3 Å². The van der Waals surface area contributed by atoms with Crippen LogP contribution >= 0.6 is 15.9 Å². The third-order valence-electron chi connectivity index (χ3n) is 2.74. The van der Waals surface area contributed by atoms with Crippen molar-refractivity contribution < 1.29 is 19.3 Å². The van der Waals surface area contributed by atoms with Crippen LogP contribution in [0, 0.1) is 0 Å². The standard InChI is InChI=1S/C13H19BrO4/c1-13(15,12(17-3)18-4)8-9-7-10(16-2)5-6-11(9)14/h5-7,12,15H,8H2,1-4H3. The fourth-order valence-electron chi connectivity index (χ4n) is 1.89. The van der Waals surface area contributed by atoms with Crippen LogP contribution in [0.5, 0.6) is 5.75 Å². The average Bonchev–Trinajstić information content (AvgIpc) is 2.33. The van der Waals surface area contributed by atoms with Gasteiger partial charge in [-0.15, -0.1) is 0 Å². The van der Waals surface area contributed by atoms with Gasteiger partial charge >= 0.3 is 0 Å². The molecule has 0 aliphatic rings. The fraction of sp³-hybridized carbons (Fsp3) is 0.538. The van der Waals surface area contributed by atoms with Gasteiger partial charge in [0.1, 0.15) is 11.4 Å². The van der Waals surface area contributed by atoms with Crippen molar-refractivity contribution in [2.75, 3.05) is 21.3 Å². The van der Waals surface area contributed by atoms with Gasteiger partial charge in [0.2, 0.25) is 0 Å². The zero-order chi connectivity index (χ0) is 13.8. The van der Waals surface area contributed by atoms with E-state index in [0.29, 0.717) is 6.42 Å². The summed E-state index contributed by atoms with van der Waals surface area (Å²) in [6, 6.07) is 5.62. The molecule has 0 saturated carbocycles. The van der Waals surface area contributed by atoms with E-state index in [9.17, 15) is 5.11 Å². The first-order valence-electron chi connectivity index (χ1n) is 5.55. The third kappa shape index (κ3) is 3.68. The van der Waals surface area contributed by atoms with Crippen molar-refractivity contribution >= 4 is 15.9 Å². The number of methoxy groups -OCH3 is 3. The molecular weight excluding hydrogens is 300 g/mol. The lowest BCUT2D eigenvalue weighted by molar-refractivity contribution is -0.207. The number of ether oxygens (including phenoxy) is 3. The van der Waals surface area contributed by atoms with Gasteiger partial charge in [0.15, 0.2) is 6.29 Å². The molecule has 0 saturated heterocycles. The van der Waals surface area contributed by atoms with E-state index in [0.717, 1.165) is 15.8 Å². The van der Waals surface area contributed by atoms with Crippen LogP contribution in [-0.2, 0) is 15.9 Å². The molecule has 1 atom stereocenters. The SMILES string of the molecule is COc1ccc(Br)c(CC(C)(O)C(OC)OC)c1. The van der Waals surface area contributed by atoms with Crippen LogP contribution in [0.3, 0.4) is 0 Å². The predicted octanol–water partition coefficient (Wildman–Crippen LogP) is 2.37.